The van der Waals surface area contributed by atoms with Gasteiger partial charge in [-0.15, -0.1) is 11.3 Å². The van der Waals surface area contributed by atoms with E-state index in [1.54, 1.807) is 24.3 Å². The third-order valence-electron chi connectivity index (χ3n) is 2.76. The normalized spacial score (nSPS) is 14.6. The maximum absolute atomic E-state index is 10.7. The summed E-state index contributed by atoms with van der Waals surface area (Å²) in [6.45, 7) is 3.77. The van der Waals surface area contributed by atoms with Gasteiger partial charge in [-0.3, -0.25) is 0 Å². The molecule has 2 aromatic rings. The topological polar surface area (TPSA) is 20.2 Å². The van der Waals surface area contributed by atoms with Crippen molar-refractivity contribution >= 4 is 38.9 Å². The second-order valence-electron chi connectivity index (χ2n) is 4.13. The lowest BCUT2D eigenvalue weighted by Crippen LogP contribution is -2.22. The number of aryl methyl sites for hydroxylation is 1. The van der Waals surface area contributed by atoms with Crippen LogP contribution in [0.4, 0.5) is 0 Å². The van der Waals surface area contributed by atoms with E-state index in [1.165, 1.54) is 0 Å². The summed E-state index contributed by atoms with van der Waals surface area (Å²) in [6.07, 6.45) is 0. The maximum atomic E-state index is 10.7. The zero-order chi connectivity index (χ0) is 12.6. The van der Waals surface area contributed by atoms with E-state index in [9.17, 15) is 5.11 Å². The molecule has 0 fully saturated rings. The number of aliphatic hydroxyl groups is 1. The van der Waals surface area contributed by atoms with Crippen molar-refractivity contribution in [1.82, 2.24) is 0 Å². The molecule has 1 atom stereocenters. The van der Waals surface area contributed by atoms with E-state index in [0.717, 1.165) is 20.5 Å². The molecule has 0 aliphatic carbocycles. The summed E-state index contributed by atoms with van der Waals surface area (Å²) in [4.78, 5) is 0.932. The first-order chi connectivity index (χ1) is 7.93. The number of hydrogen-bond acceptors (Lipinski definition) is 2. The first kappa shape index (κ1) is 13.1. The fraction of sp³-hybridized carbons (Fsp3) is 0.231. The number of rotatable bonds is 2. The summed E-state index contributed by atoms with van der Waals surface area (Å²) >= 11 is 11.1. The van der Waals surface area contributed by atoms with E-state index in [0.29, 0.717) is 5.02 Å². The lowest BCUT2D eigenvalue weighted by Gasteiger charge is -2.25. The summed E-state index contributed by atoms with van der Waals surface area (Å²) in [7, 11) is 0. The highest BCUT2D eigenvalue weighted by Crippen LogP contribution is 2.38. The average molecular weight is 332 g/mol. The summed E-state index contributed by atoms with van der Waals surface area (Å²) in [5, 5.41) is 13.3. The Labute approximate surface area is 118 Å². The number of thiophene rings is 1. The molecule has 0 saturated carbocycles. The van der Waals surface area contributed by atoms with Crippen molar-refractivity contribution in [2.45, 2.75) is 19.4 Å². The van der Waals surface area contributed by atoms with Crippen molar-refractivity contribution in [3.05, 3.63) is 55.1 Å². The lowest BCUT2D eigenvalue weighted by atomic mass is 9.92. The largest absolute Gasteiger partial charge is 0.380 e. The highest BCUT2D eigenvalue weighted by atomic mass is 79.9. The lowest BCUT2D eigenvalue weighted by molar-refractivity contribution is 0.106. The highest BCUT2D eigenvalue weighted by Gasteiger charge is 2.30. The van der Waals surface area contributed by atoms with Crippen LogP contribution >= 0.6 is 38.9 Å². The number of halogens is 2. The number of benzene rings is 1. The van der Waals surface area contributed by atoms with Crippen molar-refractivity contribution in [2.75, 3.05) is 0 Å². The number of hydrogen-bond donors (Lipinski definition) is 1. The van der Waals surface area contributed by atoms with Crippen LogP contribution in [0.15, 0.2) is 34.1 Å². The van der Waals surface area contributed by atoms with Gasteiger partial charge in [0.1, 0.15) is 5.60 Å². The van der Waals surface area contributed by atoms with Gasteiger partial charge in [0.25, 0.3) is 0 Å². The van der Waals surface area contributed by atoms with Crippen molar-refractivity contribution in [1.29, 1.82) is 0 Å². The maximum Gasteiger partial charge on any atom is 0.123 e. The molecule has 0 aliphatic rings. The van der Waals surface area contributed by atoms with Crippen molar-refractivity contribution in [3.8, 4) is 0 Å². The van der Waals surface area contributed by atoms with Gasteiger partial charge >= 0.3 is 0 Å². The molecule has 1 unspecified atom stereocenters. The zero-order valence-electron chi connectivity index (χ0n) is 9.50. The predicted molar refractivity (Wildman–Crippen MR) is 76.9 cm³/mol. The molecular weight excluding hydrogens is 320 g/mol. The Morgan fingerprint density at radius 2 is 2.06 bits per heavy atom. The second kappa shape index (κ2) is 4.73. The molecule has 0 saturated heterocycles. The van der Waals surface area contributed by atoms with Gasteiger partial charge in [0.15, 0.2) is 0 Å². The minimum Gasteiger partial charge on any atom is -0.380 e. The molecule has 90 valence electrons. The summed E-state index contributed by atoms with van der Waals surface area (Å²) in [5.41, 5.74) is 0.766. The van der Waals surface area contributed by atoms with E-state index in [2.05, 4.69) is 15.9 Å². The SMILES string of the molecule is Cc1ccsc1C(C)(O)c1ccc(Br)cc1Cl. The molecule has 1 N–H and O–H groups in total. The molecule has 0 radical (unpaired) electrons. The minimum atomic E-state index is -1.05. The fourth-order valence-electron chi connectivity index (χ4n) is 1.88. The Morgan fingerprint density at radius 3 is 2.59 bits per heavy atom. The van der Waals surface area contributed by atoms with Gasteiger partial charge in [-0.25, -0.2) is 0 Å². The van der Waals surface area contributed by atoms with Crippen LogP contribution in [-0.2, 0) is 5.60 Å². The van der Waals surface area contributed by atoms with Gasteiger partial charge < -0.3 is 5.11 Å². The van der Waals surface area contributed by atoms with Gasteiger partial charge in [-0.2, -0.15) is 0 Å². The molecule has 1 aromatic carbocycles. The molecule has 1 aromatic heterocycles. The standard InChI is InChI=1S/C13H12BrClOS/c1-8-5-6-17-12(8)13(2,16)10-4-3-9(14)7-11(10)15/h3-7,16H,1-2H3. The Bertz CT molecular complexity index is 548. The van der Waals surface area contributed by atoms with Crippen molar-refractivity contribution in [3.63, 3.8) is 0 Å². The van der Waals surface area contributed by atoms with Gasteiger partial charge in [0, 0.05) is 19.9 Å². The summed E-state index contributed by atoms with van der Waals surface area (Å²) < 4.78 is 0.907. The van der Waals surface area contributed by atoms with Crippen LogP contribution in [0, 0.1) is 6.92 Å². The highest BCUT2D eigenvalue weighted by molar-refractivity contribution is 9.10. The molecule has 0 spiro atoms. The fourth-order valence-corrected chi connectivity index (χ4v) is 3.74. The van der Waals surface area contributed by atoms with Gasteiger partial charge in [-0.05, 0) is 43.0 Å². The van der Waals surface area contributed by atoms with E-state index in [1.807, 2.05) is 30.5 Å². The quantitative estimate of drug-likeness (QED) is 0.843. The molecular formula is C13H12BrClOS. The van der Waals surface area contributed by atoms with E-state index < -0.39 is 5.60 Å². The van der Waals surface area contributed by atoms with E-state index >= 15 is 0 Å². The smallest absolute Gasteiger partial charge is 0.123 e. The van der Waals surface area contributed by atoms with Crippen molar-refractivity contribution < 1.29 is 5.11 Å². The van der Waals surface area contributed by atoms with Gasteiger partial charge in [0.05, 0.1) is 0 Å². The van der Waals surface area contributed by atoms with Gasteiger partial charge in [0.2, 0.25) is 0 Å². The van der Waals surface area contributed by atoms with E-state index in [-0.39, 0.29) is 0 Å². The van der Waals surface area contributed by atoms with Crippen LogP contribution in [0.25, 0.3) is 0 Å². The van der Waals surface area contributed by atoms with Crippen LogP contribution in [0.5, 0.6) is 0 Å². The van der Waals surface area contributed by atoms with Gasteiger partial charge in [-0.1, -0.05) is 33.6 Å². The Hall–Kier alpha value is -0.350. The first-order valence-corrected chi connectivity index (χ1v) is 7.20. The molecule has 0 bridgehead atoms. The Morgan fingerprint density at radius 1 is 1.35 bits per heavy atom. The predicted octanol–water partition coefficient (Wildman–Crippen LogP) is 4.73. The zero-order valence-corrected chi connectivity index (χ0v) is 12.7. The molecule has 1 heterocycles. The molecule has 17 heavy (non-hydrogen) atoms. The minimum absolute atomic E-state index is 0.567. The Balaban J connectivity index is 2.55. The Kier molecular flexibility index (Phi) is 3.64. The summed E-state index contributed by atoms with van der Waals surface area (Å²) in [5.74, 6) is 0. The first-order valence-electron chi connectivity index (χ1n) is 5.15. The summed E-state index contributed by atoms with van der Waals surface area (Å²) in [6, 6.07) is 7.54. The third-order valence-corrected chi connectivity index (χ3v) is 4.79. The molecule has 0 amide bonds. The van der Waals surface area contributed by atoms with Crippen LogP contribution in [0.1, 0.15) is 22.9 Å². The van der Waals surface area contributed by atoms with Crippen LogP contribution in [-0.4, -0.2) is 5.11 Å². The average Bonchev–Trinajstić information content (AvgIpc) is 2.64. The molecule has 0 aliphatic heterocycles. The van der Waals surface area contributed by atoms with E-state index in [4.69, 9.17) is 11.6 Å². The van der Waals surface area contributed by atoms with Crippen molar-refractivity contribution in [2.24, 2.45) is 0 Å². The monoisotopic (exact) mass is 330 g/mol. The third kappa shape index (κ3) is 2.43. The van der Waals surface area contributed by atoms with Crippen LogP contribution in [0.2, 0.25) is 5.02 Å². The van der Waals surface area contributed by atoms with Crippen LogP contribution < -0.4 is 0 Å². The molecule has 1 nitrogen and oxygen atoms in total. The molecule has 2 rings (SSSR count). The van der Waals surface area contributed by atoms with Crippen LogP contribution in [0.3, 0.4) is 0 Å². The second-order valence-corrected chi connectivity index (χ2v) is 6.37. The molecule has 4 heteroatoms.